The van der Waals surface area contributed by atoms with Gasteiger partial charge in [0.15, 0.2) is 5.78 Å². The van der Waals surface area contributed by atoms with Crippen molar-refractivity contribution in [3.05, 3.63) is 57.1 Å². The quantitative estimate of drug-likeness (QED) is 0.810. The lowest BCUT2D eigenvalue weighted by atomic mass is 9.70. The van der Waals surface area contributed by atoms with Gasteiger partial charge in [0.2, 0.25) is 5.88 Å². The summed E-state index contributed by atoms with van der Waals surface area (Å²) in [5, 5.41) is 9.52. The topological polar surface area (TPSA) is 76.1 Å². The van der Waals surface area contributed by atoms with E-state index in [4.69, 9.17) is 10.5 Å². The van der Waals surface area contributed by atoms with Crippen LogP contribution in [0.3, 0.4) is 0 Å². The van der Waals surface area contributed by atoms with E-state index in [-0.39, 0.29) is 17.1 Å². The summed E-state index contributed by atoms with van der Waals surface area (Å²) in [7, 11) is 0. The molecule has 0 aromatic heterocycles. The third kappa shape index (κ3) is 2.79. The minimum absolute atomic E-state index is 0.0319. The number of nitriles is 1. The van der Waals surface area contributed by atoms with Crippen molar-refractivity contribution in [3.63, 3.8) is 0 Å². The molecule has 2 N–H and O–H groups in total. The predicted octanol–water partition coefficient (Wildman–Crippen LogP) is 3.90. The number of rotatable bonds is 1. The fourth-order valence-corrected chi connectivity index (χ4v) is 3.54. The van der Waals surface area contributed by atoms with E-state index in [1.807, 2.05) is 38.1 Å². The number of carbonyl (C=O) groups excluding carboxylic acids is 1. The largest absolute Gasteiger partial charge is 0.444 e. The molecule has 3 rings (SSSR count). The maximum absolute atomic E-state index is 12.7. The molecule has 5 heteroatoms. The molecule has 118 valence electrons. The van der Waals surface area contributed by atoms with Crippen LogP contribution in [0.1, 0.15) is 38.2 Å². The highest BCUT2D eigenvalue weighted by atomic mass is 79.9. The zero-order valence-electron chi connectivity index (χ0n) is 13.0. The van der Waals surface area contributed by atoms with Gasteiger partial charge in [-0.25, -0.2) is 0 Å². The van der Waals surface area contributed by atoms with E-state index < -0.39 is 5.92 Å². The smallest absolute Gasteiger partial charge is 0.205 e. The first-order valence-electron chi connectivity index (χ1n) is 7.42. The normalized spacial score (nSPS) is 23.2. The molecule has 23 heavy (non-hydrogen) atoms. The van der Waals surface area contributed by atoms with Crippen molar-refractivity contribution < 1.29 is 9.53 Å². The van der Waals surface area contributed by atoms with Gasteiger partial charge in [0.1, 0.15) is 17.4 Å². The summed E-state index contributed by atoms with van der Waals surface area (Å²) in [6, 6.07) is 9.73. The molecule has 0 saturated carbocycles. The van der Waals surface area contributed by atoms with Gasteiger partial charge >= 0.3 is 0 Å². The Labute approximate surface area is 143 Å². The Balaban J connectivity index is 2.17. The van der Waals surface area contributed by atoms with E-state index in [9.17, 15) is 10.1 Å². The van der Waals surface area contributed by atoms with E-state index in [2.05, 4.69) is 22.0 Å². The number of Topliss-reactive ketones (excluding diaryl/α,β-unsaturated/α-hetero) is 1. The molecule has 0 saturated heterocycles. The fraction of sp³-hybridized carbons (Fsp3) is 0.333. The number of hydrogen-bond donors (Lipinski definition) is 1. The number of benzene rings is 1. The average Bonchev–Trinajstić information content (AvgIpc) is 2.45. The summed E-state index contributed by atoms with van der Waals surface area (Å²) >= 11 is 3.40. The number of ketones is 1. The molecule has 4 nitrogen and oxygen atoms in total. The molecule has 1 aliphatic carbocycles. The Hall–Kier alpha value is -2.06. The van der Waals surface area contributed by atoms with Crippen molar-refractivity contribution in [2.75, 3.05) is 0 Å². The van der Waals surface area contributed by atoms with Crippen molar-refractivity contribution >= 4 is 21.7 Å². The molecular weight excluding hydrogens is 356 g/mol. The SMILES string of the molecule is CC1(C)CC(=O)C2=C(C1)OC(N)=C(C#N)[C@@H]2c1ccc(Br)cc1. The van der Waals surface area contributed by atoms with Gasteiger partial charge in [-0.1, -0.05) is 41.9 Å². The number of nitrogens with two attached hydrogens (primary N) is 1. The Bertz CT molecular complexity index is 782. The molecule has 1 aromatic carbocycles. The Morgan fingerprint density at radius 3 is 2.57 bits per heavy atom. The van der Waals surface area contributed by atoms with Gasteiger partial charge in [0, 0.05) is 22.9 Å². The summed E-state index contributed by atoms with van der Waals surface area (Å²) in [5.74, 6) is 0.296. The number of carbonyl (C=O) groups is 1. The van der Waals surface area contributed by atoms with Gasteiger partial charge in [-0.15, -0.1) is 0 Å². The van der Waals surface area contributed by atoms with Crippen LogP contribution in [-0.2, 0) is 9.53 Å². The molecule has 1 aromatic rings. The highest BCUT2D eigenvalue weighted by molar-refractivity contribution is 9.10. The molecule has 1 aliphatic heterocycles. The van der Waals surface area contributed by atoms with E-state index in [1.54, 1.807) is 0 Å². The first kappa shape index (κ1) is 15.8. The third-order valence-corrected chi connectivity index (χ3v) is 4.81. The van der Waals surface area contributed by atoms with E-state index in [0.29, 0.717) is 29.7 Å². The molecule has 0 bridgehead atoms. The van der Waals surface area contributed by atoms with Gasteiger partial charge in [-0.3, -0.25) is 4.79 Å². The lowest BCUT2D eigenvalue weighted by Crippen LogP contribution is -2.33. The standard InChI is InChI=1S/C18H17BrN2O2/c1-18(2)7-13(22)16-14(8-18)23-17(21)12(9-20)15(16)10-3-5-11(19)6-4-10/h3-6,15H,7-8,21H2,1-2H3/t15-/m0/s1. The van der Waals surface area contributed by atoms with Crippen LogP contribution in [-0.4, -0.2) is 5.78 Å². The number of nitrogens with zero attached hydrogens (tertiary/aromatic N) is 1. The van der Waals surface area contributed by atoms with Gasteiger partial charge in [0.25, 0.3) is 0 Å². The molecule has 2 aliphatic rings. The lowest BCUT2D eigenvalue weighted by molar-refractivity contribution is -0.119. The lowest BCUT2D eigenvalue weighted by Gasteiger charge is -2.37. The van der Waals surface area contributed by atoms with E-state index >= 15 is 0 Å². The van der Waals surface area contributed by atoms with Crippen LogP contribution in [0.5, 0.6) is 0 Å². The van der Waals surface area contributed by atoms with Gasteiger partial charge < -0.3 is 10.5 Å². The van der Waals surface area contributed by atoms with Gasteiger partial charge in [-0.2, -0.15) is 5.26 Å². The fourth-order valence-electron chi connectivity index (χ4n) is 3.27. The highest BCUT2D eigenvalue weighted by Crippen LogP contribution is 2.47. The van der Waals surface area contributed by atoms with Crippen molar-refractivity contribution in [1.29, 1.82) is 5.26 Å². The van der Waals surface area contributed by atoms with E-state index in [1.165, 1.54) is 0 Å². The molecular formula is C18H17BrN2O2. The summed E-state index contributed by atoms with van der Waals surface area (Å²) < 4.78 is 6.60. The number of ether oxygens (including phenoxy) is 1. The molecule has 1 heterocycles. The molecule has 0 spiro atoms. The second-order valence-corrected chi connectivity index (χ2v) is 7.67. The van der Waals surface area contributed by atoms with Crippen molar-refractivity contribution in [3.8, 4) is 6.07 Å². The summed E-state index contributed by atoms with van der Waals surface area (Å²) in [6.45, 7) is 4.07. The Kier molecular flexibility index (Phi) is 3.81. The minimum Gasteiger partial charge on any atom is -0.444 e. The zero-order chi connectivity index (χ0) is 16.8. The van der Waals surface area contributed by atoms with Crippen LogP contribution in [0, 0.1) is 16.7 Å². The van der Waals surface area contributed by atoms with E-state index in [0.717, 1.165) is 10.0 Å². The number of halogens is 1. The Morgan fingerprint density at radius 1 is 1.30 bits per heavy atom. The van der Waals surface area contributed by atoms with Crippen LogP contribution >= 0.6 is 15.9 Å². The third-order valence-electron chi connectivity index (χ3n) is 4.28. The Morgan fingerprint density at radius 2 is 1.96 bits per heavy atom. The van der Waals surface area contributed by atoms with Crippen LogP contribution in [0.25, 0.3) is 0 Å². The highest BCUT2D eigenvalue weighted by Gasteiger charge is 2.42. The van der Waals surface area contributed by atoms with Crippen LogP contribution in [0.4, 0.5) is 0 Å². The molecule has 0 amide bonds. The summed E-state index contributed by atoms with van der Waals surface area (Å²) in [6.07, 6.45) is 1.08. The maximum atomic E-state index is 12.7. The van der Waals surface area contributed by atoms with Crippen LogP contribution < -0.4 is 5.73 Å². The van der Waals surface area contributed by atoms with Gasteiger partial charge in [0.05, 0.1) is 5.92 Å². The molecule has 1 atom stereocenters. The summed E-state index contributed by atoms with van der Waals surface area (Å²) in [4.78, 5) is 12.7. The molecule has 0 fully saturated rings. The van der Waals surface area contributed by atoms with Crippen molar-refractivity contribution in [2.24, 2.45) is 11.1 Å². The maximum Gasteiger partial charge on any atom is 0.205 e. The zero-order valence-corrected chi connectivity index (χ0v) is 14.6. The van der Waals surface area contributed by atoms with Crippen molar-refractivity contribution in [2.45, 2.75) is 32.6 Å². The van der Waals surface area contributed by atoms with Gasteiger partial charge in [-0.05, 0) is 23.1 Å². The average molecular weight is 373 g/mol. The second kappa shape index (κ2) is 5.54. The predicted molar refractivity (Wildman–Crippen MR) is 89.8 cm³/mol. The van der Waals surface area contributed by atoms with Crippen molar-refractivity contribution in [1.82, 2.24) is 0 Å². The van der Waals surface area contributed by atoms with Crippen LogP contribution in [0.2, 0.25) is 0 Å². The summed E-state index contributed by atoms with van der Waals surface area (Å²) in [5.41, 5.74) is 7.56. The first-order valence-corrected chi connectivity index (χ1v) is 8.21. The second-order valence-electron chi connectivity index (χ2n) is 6.75. The van der Waals surface area contributed by atoms with Crippen LogP contribution in [0.15, 0.2) is 51.5 Å². The molecule has 0 radical (unpaired) electrons. The molecule has 0 unspecified atom stereocenters. The first-order chi connectivity index (χ1) is 10.8. The minimum atomic E-state index is -0.444. The monoisotopic (exact) mass is 372 g/mol. The number of allylic oxidation sites excluding steroid dienone is 3. The number of hydrogen-bond acceptors (Lipinski definition) is 4.